The van der Waals surface area contributed by atoms with Crippen molar-refractivity contribution >= 4 is 18.7 Å². The molecule has 1 aliphatic heterocycles. The maximum atomic E-state index is 7.12. The van der Waals surface area contributed by atoms with Crippen LogP contribution in [-0.4, -0.2) is 33.9 Å². The van der Waals surface area contributed by atoms with Crippen molar-refractivity contribution in [2.45, 2.75) is 109 Å². The summed E-state index contributed by atoms with van der Waals surface area (Å²) in [5, 5.41) is 2.77. The van der Waals surface area contributed by atoms with Crippen molar-refractivity contribution in [1.82, 2.24) is 0 Å². The third-order valence-corrected chi connectivity index (χ3v) is 13.9. The van der Waals surface area contributed by atoms with Gasteiger partial charge in [0, 0.05) is 13.2 Å². The van der Waals surface area contributed by atoms with Gasteiger partial charge in [-0.3, -0.25) is 0 Å². The van der Waals surface area contributed by atoms with Gasteiger partial charge in [0.2, 0.25) is 0 Å². The minimum atomic E-state index is -2.43. The van der Waals surface area contributed by atoms with Crippen molar-refractivity contribution in [3.05, 3.63) is 85.0 Å². The van der Waals surface area contributed by atoms with E-state index in [0.717, 1.165) is 57.2 Å². The van der Waals surface area contributed by atoms with E-state index < -0.39 is 8.32 Å². The number of unbranched alkanes of at least 4 members (excludes halogenated alkanes) is 2. The van der Waals surface area contributed by atoms with Gasteiger partial charge in [-0.05, 0) is 72.2 Å². The van der Waals surface area contributed by atoms with Crippen molar-refractivity contribution < 1.29 is 13.9 Å². The van der Waals surface area contributed by atoms with Crippen LogP contribution in [-0.2, 0) is 13.9 Å². The molecule has 4 atom stereocenters. The predicted octanol–water partition coefficient (Wildman–Crippen LogP) is 8.58. The van der Waals surface area contributed by atoms with Crippen molar-refractivity contribution in [2.24, 2.45) is 11.8 Å². The summed E-state index contributed by atoms with van der Waals surface area (Å²) in [6.45, 7) is 11.0. The SMILES string of the molecule is CCCCCC(/C=C/C=C\C[C@H]1C[C@@H]1CCO[Si](c1ccccc1)(c1ccccc1)C(C)(C)C)OC1CCCCO1. The van der Waals surface area contributed by atoms with Crippen LogP contribution in [0.1, 0.15) is 91.9 Å². The van der Waals surface area contributed by atoms with Crippen LogP contribution in [0.25, 0.3) is 0 Å². The van der Waals surface area contributed by atoms with E-state index in [1.807, 2.05) is 0 Å². The average molecular weight is 575 g/mol. The van der Waals surface area contributed by atoms with Crippen molar-refractivity contribution in [2.75, 3.05) is 13.2 Å². The Hall–Kier alpha value is -1.98. The van der Waals surface area contributed by atoms with E-state index in [1.165, 1.54) is 42.5 Å². The molecular formula is C37H54O3Si. The van der Waals surface area contributed by atoms with Gasteiger partial charge in [0.15, 0.2) is 6.29 Å². The van der Waals surface area contributed by atoms with Crippen LogP contribution in [0.2, 0.25) is 5.04 Å². The molecule has 2 aromatic rings. The first-order valence-electron chi connectivity index (χ1n) is 16.3. The highest BCUT2D eigenvalue weighted by Gasteiger charge is 2.50. The largest absolute Gasteiger partial charge is 0.407 e. The number of rotatable bonds is 16. The summed E-state index contributed by atoms with van der Waals surface area (Å²) in [4.78, 5) is 0. The van der Waals surface area contributed by atoms with Crippen LogP contribution in [0, 0.1) is 11.8 Å². The van der Waals surface area contributed by atoms with Gasteiger partial charge < -0.3 is 13.9 Å². The molecule has 0 amide bonds. The molecule has 41 heavy (non-hydrogen) atoms. The molecule has 3 nitrogen and oxygen atoms in total. The zero-order chi connectivity index (χ0) is 29.0. The normalized spacial score (nSPS) is 22.4. The van der Waals surface area contributed by atoms with Crippen molar-refractivity contribution in [1.29, 1.82) is 0 Å². The second-order valence-corrected chi connectivity index (χ2v) is 17.4. The van der Waals surface area contributed by atoms with Crippen LogP contribution in [0.15, 0.2) is 85.0 Å². The van der Waals surface area contributed by atoms with Gasteiger partial charge in [0.05, 0.1) is 6.10 Å². The minimum absolute atomic E-state index is 0.0256. The van der Waals surface area contributed by atoms with E-state index >= 15 is 0 Å². The Morgan fingerprint density at radius 3 is 2.24 bits per heavy atom. The molecule has 1 aliphatic carbocycles. The van der Waals surface area contributed by atoms with Crippen LogP contribution >= 0.6 is 0 Å². The predicted molar refractivity (Wildman–Crippen MR) is 175 cm³/mol. The molecular weight excluding hydrogens is 520 g/mol. The molecule has 4 rings (SSSR count). The standard InChI is InChI=1S/C37H54O3Si/c1-5-6-10-20-33(40-36-26-17-18-28-38-36)21-12-7-11-19-31-30-32(31)27-29-39-41(37(2,3)4,34-22-13-8-14-23-34)35-24-15-9-16-25-35/h7-9,11-16,21-25,31-33,36H,5-6,10,17-20,26-30H2,1-4H3/b11-7-,21-12+/t31-,32-,33?,36?/m0/s1. The van der Waals surface area contributed by atoms with Crippen LogP contribution < -0.4 is 10.4 Å². The number of benzene rings is 2. The van der Waals surface area contributed by atoms with Gasteiger partial charge in [-0.1, -0.05) is 132 Å². The summed E-state index contributed by atoms with van der Waals surface area (Å²) in [5.41, 5.74) is 0. The maximum Gasteiger partial charge on any atom is 0.261 e. The molecule has 0 aromatic heterocycles. The molecule has 2 aliphatic rings. The smallest absolute Gasteiger partial charge is 0.261 e. The van der Waals surface area contributed by atoms with Crippen molar-refractivity contribution in [3.8, 4) is 0 Å². The highest BCUT2D eigenvalue weighted by Crippen LogP contribution is 2.45. The Kier molecular flexibility index (Phi) is 12.5. The highest BCUT2D eigenvalue weighted by molar-refractivity contribution is 6.99. The summed E-state index contributed by atoms with van der Waals surface area (Å²) >= 11 is 0. The van der Waals surface area contributed by atoms with Crippen LogP contribution in [0.4, 0.5) is 0 Å². The summed E-state index contributed by atoms with van der Waals surface area (Å²) in [6, 6.07) is 22.0. The molecule has 1 saturated heterocycles. The summed E-state index contributed by atoms with van der Waals surface area (Å²) < 4.78 is 19.3. The van der Waals surface area contributed by atoms with Gasteiger partial charge in [-0.25, -0.2) is 0 Å². The van der Waals surface area contributed by atoms with E-state index in [1.54, 1.807) is 0 Å². The summed E-state index contributed by atoms with van der Waals surface area (Å²) in [5.74, 6) is 1.56. The second kappa shape index (κ2) is 16.0. The first-order chi connectivity index (χ1) is 19.9. The molecule has 1 saturated carbocycles. The maximum absolute atomic E-state index is 7.12. The van der Waals surface area contributed by atoms with Gasteiger partial charge in [-0.15, -0.1) is 0 Å². The Labute approximate surface area is 251 Å². The highest BCUT2D eigenvalue weighted by atomic mass is 28.4. The van der Waals surface area contributed by atoms with E-state index in [-0.39, 0.29) is 17.4 Å². The number of hydrogen-bond acceptors (Lipinski definition) is 3. The molecule has 2 aromatic carbocycles. The minimum Gasteiger partial charge on any atom is -0.407 e. The molecule has 2 unspecified atom stereocenters. The molecule has 2 fully saturated rings. The Bertz CT molecular complexity index is 1010. The lowest BCUT2D eigenvalue weighted by Gasteiger charge is -2.43. The fourth-order valence-electron chi connectivity index (χ4n) is 6.42. The third-order valence-electron chi connectivity index (χ3n) is 8.86. The zero-order valence-corrected chi connectivity index (χ0v) is 27.1. The van der Waals surface area contributed by atoms with Crippen molar-refractivity contribution in [3.63, 3.8) is 0 Å². The van der Waals surface area contributed by atoms with Gasteiger partial charge >= 0.3 is 0 Å². The van der Waals surface area contributed by atoms with Gasteiger partial charge in [0.25, 0.3) is 8.32 Å². The fraction of sp³-hybridized carbons (Fsp3) is 0.568. The lowest BCUT2D eigenvalue weighted by Crippen LogP contribution is -2.66. The zero-order valence-electron chi connectivity index (χ0n) is 26.1. The van der Waals surface area contributed by atoms with Crippen LogP contribution in [0.3, 0.4) is 0 Å². The van der Waals surface area contributed by atoms with E-state index in [9.17, 15) is 0 Å². The average Bonchev–Trinajstić information content (AvgIpc) is 3.74. The van der Waals surface area contributed by atoms with Crippen LogP contribution in [0.5, 0.6) is 0 Å². The number of allylic oxidation sites excluding steroid dienone is 3. The quantitative estimate of drug-likeness (QED) is 0.114. The fourth-order valence-corrected chi connectivity index (χ4v) is 11.0. The monoisotopic (exact) mass is 574 g/mol. The Morgan fingerprint density at radius 2 is 1.63 bits per heavy atom. The molecule has 224 valence electrons. The van der Waals surface area contributed by atoms with Gasteiger partial charge in [0.1, 0.15) is 0 Å². The topological polar surface area (TPSA) is 27.7 Å². The summed E-state index contributed by atoms with van der Waals surface area (Å²) in [7, 11) is -2.43. The summed E-state index contributed by atoms with van der Waals surface area (Å²) in [6.07, 6.45) is 20.9. The van der Waals surface area contributed by atoms with E-state index in [4.69, 9.17) is 13.9 Å². The Morgan fingerprint density at radius 1 is 0.927 bits per heavy atom. The number of ether oxygens (including phenoxy) is 2. The first-order valence-corrected chi connectivity index (χ1v) is 18.2. The first kappa shape index (κ1) is 31.9. The molecule has 0 N–H and O–H groups in total. The lowest BCUT2D eigenvalue weighted by molar-refractivity contribution is -0.179. The second-order valence-electron chi connectivity index (χ2n) is 13.1. The van der Waals surface area contributed by atoms with E-state index in [0.29, 0.717) is 0 Å². The molecule has 0 radical (unpaired) electrons. The van der Waals surface area contributed by atoms with Gasteiger partial charge in [-0.2, -0.15) is 0 Å². The molecule has 4 heteroatoms. The molecule has 1 heterocycles. The molecule has 0 bridgehead atoms. The van der Waals surface area contributed by atoms with E-state index in [2.05, 4.69) is 113 Å². The number of hydrogen-bond donors (Lipinski definition) is 0. The molecule has 0 spiro atoms. The third kappa shape index (κ3) is 9.25. The lowest BCUT2D eigenvalue weighted by atomic mass is 10.1. The Balaban J connectivity index is 1.28.